The first-order valence-corrected chi connectivity index (χ1v) is 11.5. The van der Waals surface area contributed by atoms with Gasteiger partial charge in [0.15, 0.2) is 0 Å². The summed E-state index contributed by atoms with van der Waals surface area (Å²) in [6, 6.07) is -0.453. The molecule has 152 valence electrons. The van der Waals surface area contributed by atoms with E-state index in [1.807, 2.05) is 27.7 Å². The van der Waals surface area contributed by atoms with Gasteiger partial charge in [-0.15, -0.1) is 11.8 Å². The molecule has 0 saturated carbocycles. The number of aliphatic hydroxyl groups excluding tert-OH is 3. The Bertz CT molecular complexity index is 510. The maximum Gasteiger partial charge on any atom is 0.132 e. The van der Waals surface area contributed by atoms with E-state index in [2.05, 4.69) is 16.9 Å². The van der Waals surface area contributed by atoms with E-state index in [-0.39, 0.29) is 5.92 Å². The summed E-state index contributed by atoms with van der Waals surface area (Å²) in [6.07, 6.45) is 2.70. The van der Waals surface area contributed by atoms with Crippen LogP contribution < -0.4 is 4.72 Å². The third-order valence-electron chi connectivity index (χ3n) is 4.81. The number of aliphatic hydroxyl groups is 3. The summed E-state index contributed by atoms with van der Waals surface area (Å²) >= 11 is 1.46. The first-order chi connectivity index (χ1) is 12.1. The highest BCUT2D eigenvalue weighted by atomic mass is 32.2. The molecule has 4 N–H and O–H groups in total. The Morgan fingerprint density at radius 3 is 2.50 bits per heavy atom. The van der Waals surface area contributed by atoms with Crippen molar-refractivity contribution in [2.24, 2.45) is 5.92 Å². The van der Waals surface area contributed by atoms with Gasteiger partial charge in [0, 0.05) is 0 Å². The SMILES string of the molecule is C[C@H]1/C=C/CCCCSC2OC(C(O)C(O)C2O)[C@@H]1N[S@](=O)C(C)(C)C. The molecule has 0 radical (unpaired) electrons. The van der Waals surface area contributed by atoms with Crippen LogP contribution in [-0.4, -0.2) is 65.9 Å². The van der Waals surface area contributed by atoms with Crippen LogP contribution in [0.15, 0.2) is 12.2 Å². The quantitative estimate of drug-likeness (QED) is 0.516. The van der Waals surface area contributed by atoms with E-state index in [9.17, 15) is 19.5 Å². The van der Waals surface area contributed by atoms with Gasteiger partial charge >= 0.3 is 0 Å². The Labute approximate surface area is 163 Å². The van der Waals surface area contributed by atoms with Gasteiger partial charge in [-0.05, 0) is 51.7 Å². The fourth-order valence-electron chi connectivity index (χ4n) is 3.08. The molecular weight excluding hydrogens is 374 g/mol. The molecular formula is C18H33NO5S2. The average Bonchev–Trinajstić information content (AvgIpc) is 2.56. The van der Waals surface area contributed by atoms with Crippen LogP contribution in [0, 0.1) is 5.92 Å². The fraction of sp³-hybridized carbons (Fsp3) is 0.889. The largest absolute Gasteiger partial charge is 0.388 e. The van der Waals surface area contributed by atoms with Gasteiger partial charge in [-0.25, -0.2) is 8.93 Å². The normalized spacial score (nSPS) is 42.3. The van der Waals surface area contributed by atoms with E-state index in [0.29, 0.717) is 0 Å². The van der Waals surface area contributed by atoms with Gasteiger partial charge < -0.3 is 20.1 Å². The highest BCUT2D eigenvalue weighted by Crippen LogP contribution is 2.33. The Hall–Kier alpha value is 0.0400. The lowest BCUT2D eigenvalue weighted by Gasteiger charge is -2.45. The number of thioether (sulfide) groups is 1. The molecule has 0 aliphatic carbocycles. The lowest BCUT2D eigenvalue weighted by atomic mass is 9.88. The Morgan fingerprint density at radius 1 is 1.15 bits per heavy atom. The summed E-state index contributed by atoms with van der Waals surface area (Å²) in [4.78, 5) is 0. The van der Waals surface area contributed by atoms with Gasteiger partial charge in [-0.3, -0.25) is 0 Å². The van der Waals surface area contributed by atoms with E-state index in [1.165, 1.54) is 11.8 Å². The standard InChI is InChI=1S/C18H33NO5S2/c1-11-9-7-5-6-8-10-25-17-15(22)13(20)14(21)16(24-17)12(11)19-26(23)18(2,3)4/h7,9,11-17,19-22H,5-6,8,10H2,1-4H3/b9-7+/t11-,12+,13?,14?,15?,16?,17?,26+/m0/s1. The van der Waals surface area contributed by atoms with E-state index in [0.717, 1.165) is 25.0 Å². The first kappa shape index (κ1) is 22.3. The molecule has 5 unspecified atom stereocenters. The molecule has 2 rings (SSSR count). The topological polar surface area (TPSA) is 99.0 Å². The number of fused-ring (bicyclic) bond motifs is 2. The first-order valence-electron chi connectivity index (χ1n) is 9.29. The molecule has 2 aliphatic rings. The Kier molecular flexibility index (Phi) is 8.15. The molecule has 1 fully saturated rings. The van der Waals surface area contributed by atoms with Crippen molar-refractivity contribution in [1.82, 2.24) is 4.72 Å². The second-order valence-corrected chi connectivity index (χ2v) is 11.3. The van der Waals surface area contributed by atoms with Crippen LogP contribution in [0.4, 0.5) is 0 Å². The van der Waals surface area contributed by atoms with Crippen molar-refractivity contribution in [2.75, 3.05) is 5.75 Å². The van der Waals surface area contributed by atoms with Crippen LogP contribution in [0.3, 0.4) is 0 Å². The summed E-state index contributed by atoms with van der Waals surface area (Å²) in [6.45, 7) is 7.61. The smallest absolute Gasteiger partial charge is 0.132 e. The molecule has 1 saturated heterocycles. The summed E-state index contributed by atoms with van der Waals surface area (Å²) < 4.78 is 21.4. The van der Waals surface area contributed by atoms with Crippen LogP contribution >= 0.6 is 11.8 Å². The van der Waals surface area contributed by atoms with Crippen molar-refractivity contribution >= 4 is 22.7 Å². The van der Waals surface area contributed by atoms with E-state index in [1.54, 1.807) is 0 Å². The van der Waals surface area contributed by atoms with Gasteiger partial charge in [0.2, 0.25) is 0 Å². The molecule has 2 aliphatic heterocycles. The van der Waals surface area contributed by atoms with Crippen LogP contribution in [0.1, 0.15) is 47.0 Å². The molecule has 0 aromatic heterocycles. The number of rotatable bonds is 2. The minimum Gasteiger partial charge on any atom is -0.388 e. The van der Waals surface area contributed by atoms with Crippen molar-refractivity contribution in [1.29, 1.82) is 0 Å². The summed E-state index contributed by atoms with van der Waals surface area (Å²) in [5.41, 5.74) is -0.610. The molecule has 0 aromatic rings. The number of nitrogens with one attached hydrogen (secondary N) is 1. The summed E-state index contributed by atoms with van der Waals surface area (Å²) in [5.74, 6) is 0.751. The molecule has 2 heterocycles. The molecule has 0 aromatic carbocycles. The second kappa shape index (κ2) is 9.49. The zero-order valence-corrected chi connectivity index (χ0v) is 17.6. The lowest BCUT2D eigenvalue weighted by molar-refractivity contribution is -0.205. The van der Waals surface area contributed by atoms with E-state index in [4.69, 9.17) is 4.74 Å². The molecule has 0 spiro atoms. The zero-order valence-electron chi connectivity index (χ0n) is 16.0. The summed E-state index contributed by atoms with van der Waals surface area (Å²) in [7, 11) is -1.36. The van der Waals surface area contributed by atoms with Crippen LogP contribution in [-0.2, 0) is 15.7 Å². The predicted molar refractivity (Wildman–Crippen MR) is 106 cm³/mol. The second-order valence-electron chi connectivity index (χ2n) is 8.12. The maximum absolute atomic E-state index is 12.7. The predicted octanol–water partition coefficient (Wildman–Crippen LogP) is 1.32. The lowest BCUT2D eigenvalue weighted by Crippen LogP contribution is -2.64. The average molecular weight is 408 g/mol. The van der Waals surface area contributed by atoms with Gasteiger partial charge in [0.1, 0.15) is 29.9 Å². The molecule has 8 heteroatoms. The number of hydrogen-bond donors (Lipinski definition) is 4. The minimum atomic E-state index is -1.36. The van der Waals surface area contributed by atoms with Gasteiger partial charge in [0.25, 0.3) is 0 Å². The van der Waals surface area contributed by atoms with Crippen LogP contribution in [0.5, 0.6) is 0 Å². The molecule has 26 heavy (non-hydrogen) atoms. The van der Waals surface area contributed by atoms with Gasteiger partial charge in [-0.2, -0.15) is 0 Å². The zero-order chi connectivity index (χ0) is 19.5. The van der Waals surface area contributed by atoms with Crippen LogP contribution in [0.25, 0.3) is 0 Å². The van der Waals surface area contributed by atoms with Crippen LogP contribution in [0.2, 0.25) is 0 Å². The van der Waals surface area contributed by atoms with Crippen molar-refractivity contribution in [3.8, 4) is 0 Å². The minimum absolute atomic E-state index is 0.0616. The Balaban J connectivity index is 2.32. The maximum atomic E-state index is 12.7. The Morgan fingerprint density at radius 2 is 1.85 bits per heavy atom. The molecule has 2 bridgehead atoms. The van der Waals surface area contributed by atoms with Crippen molar-refractivity contribution < 1.29 is 24.3 Å². The van der Waals surface area contributed by atoms with Crippen molar-refractivity contribution in [2.45, 2.75) is 87.6 Å². The number of hydrogen-bond acceptors (Lipinski definition) is 6. The highest BCUT2D eigenvalue weighted by molar-refractivity contribution is 7.99. The molecule has 6 nitrogen and oxygen atoms in total. The highest BCUT2D eigenvalue weighted by Gasteiger charge is 2.48. The van der Waals surface area contributed by atoms with E-state index >= 15 is 0 Å². The fourth-order valence-corrected chi connectivity index (χ4v) is 5.19. The van der Waals surface area contributed by atoms with Crippen molar-refractivity contribution in [3.05, 3.63) is 12.2 Å². The molecule has 0 amide bonds. The van der Waals surface area contributed by atoms with Gasteiger partial charge in [0.05, 0.1) is 21.8 Å². The monoisotopic (exact) mass is 407 g/mol. The summed E-state index contributed by atoms with van der Waals surface area (Å²) in [5, 5.41) is 31.2. The molecule has 8 atom stereocenters. The number of allylic oxidation sites excluding steroid dienone is 1. The third kappa shape index (κ3) is 5.53. The van der Waals surface area contributed by atoms with E-state index < -0.39 is 51.6 Å². The number of ether oxygens (including phenoxy) is 1. The van der Waals surface area contributed by atoms with Crippen molar-refractivity contribution in [3.63, 3.8) is 0 Å². The van der Waals surface area contributed by atoms with Gasteiger partial charge in [-0.1, -0.05) is 19.1 Å². The third-order valence-corrected chi connectivity index (χ3v) is 7.65.